The Balaban J connectivity index is 3.14. The smallest absolute Gasteiger partial charge is 0.183 e. The third-order valence-electron chi connectivity index (χ3n) is 1.81. The Hall–Kier alpha value is -1.06. The standard InChI is InChI=1S/C10H9BrFN3S/c1-6-3-7(11)9(4-8(6)12)15-10(16-2)14-5-13/h3-4H,1-2H3,(H,14,15). The van der Waals surface area contributed by atoms with E-state index in [4.69, 9.17) is 5.26 Å². The lowest BCUT2D eigenvalue weighted by Gasteiger charge is -2.04. The van der Waals surface area contributed by atoms with Gasteiger partial charge in [0.05, 0.1) is 5.69 Å². The van der Waals surface area contributed by atoms with Crippen molar-refractivity contribution in [3.05, 3.63) is 28.0 Å². The maximum absolute atomic E-state index is 13.3. The van der Waals surface area contributed by atoms with E-state index in [1.807, 2.05) is 0 Å². The summed E-state index contributed by atoms with van der Waals surface area (Å²) in [4.78, 5) is 4.13. The molecule has 0 atom stereocenters. The van der Waals surface area contributed by atoms with Crippen molar-refractivity contribution in [3.63, 3.8) is 0 Å². The fourth-order valence-electron chi connectivity index (χ4n) is 1.00. The molecule has 0 spiro atoms. The van der Waals surface area contributed by atoms with Crippen LogP contribution in [-0.2, 0) is 0 Å². The molecule has 0 unspecified atom stereocenters. The Labute approximate surface area is 106 Å². The van der Waals surface area contributed by atoms with Crippen LogP contribution in [0, 0.1) is 24.2 Å². The molecule has 0 aliphatic carbocycles. The molecule has 0 saturated carbocycles. The number of hydrogen-bond donors (Lipinski definition) is 1. The number of halogens is 2. The molecular weight excluding hydrogens is 293 g/mol. The monoisotopic (exact) mass is 301 g/mol. The highest BCUT2D eigenvalue weighted by Crippen LogP contribution is 2.28. The molecule has 16 heavy (non-hydrogen) atoms. The molecule has 0 radical (unpaired) electrons. The van der Waals surface area contributed by atoms with E-state index in [1.165, 1.54) is 17.8 Å². The summed E-state index contributed by atoms with van der Waals surface area (Å²) in [5, 5.41) is 11.3. The van der Waals surface area contributed by atoms with Crippen molar-refractivity contribution < 1.29 is 4.39 Å². The van der Waals surface area contributed by atoms with Crippen LogP contribution in [0.4, 0.5) is 10.1 Å². The molecule has 1 rings (SSSR count). The van der Waals surface area contributed by atoms with Gasteiger partial charge in [0, 0.05) is 10.5 Å². The molecule has 1 aromatic rings. The van der Waals surface area contributed by atoms with Crippen LogP contribution >= 0.6 is 27.7 Å². The first kappa shape index (κ1) is 13.0. The number of nitriles is 1. The highest BCUT2D eigenvalue weighted by molar-refractivity contribution is 9.10. The molecule has 0 aliphatic rings. The van der Waals surface area contributed by atoms with E-state index in [0.29, 0.717) is 20.9 Å². The van der Waals surface area contributed by atoms with Crippen molar-refractivity contribution in [1.29, 1.82) is 5.26 Å². The molecule has 0 fully saturated rings. The number of nitrogens with zero attached hydrogens (tertiary/aromatic N) is 2. The van der Waals surface area contributed by atoms with Crippen LogP contribution in [0.5, 0.6) is 0 Å². The van der Waals surface area contributed by atoms with Gasteiger partial charge in [-0.05, 0) is 40.7 Å². The summed E-state index contributed by atoms with van der Waals surface area (Å²) in [6.07, 6.45) is 3.55. The number of thioether (sulfide) groups is 1. The third-order valence-corrected chi connectivity index (χ3v) is 3.02. The number of nitrogens with one attached hydrogen (secondary N) is 1. The van der Waals surface area contributed by atoms with E-state index in [-0.39, 0.29) is 5.82 Å². The van der Waals surface area contributed by atoms with Gasteiger partial charge < -0.3 is 0 Å². The molecule has 0 saturated heterocycles. The summed E-state index contributed by atoms with van der Waals surface area (Å²) in [5.74, 6) is -0.320. The summed E-state index contributed by atoms with van der Waals surface area (Å²) < 4.78 is 14.0. The number of rotatable bonds is 1. The first-order valence-electron chi connectivity index (χ1n) is 4.32. The second kappa shape index (κ2) is 5.87. The lowest BCUT2D eigenvalue weighted by atomic mass is 10.2. The van der Waals surface area contributed by atoms with Crippen LogP contribution in [0.3, 0.4) is 0 Å². The minimum absolute atomic E-state index is 0.320. The molecular formula is C10H9BrFN3S. The molecule has 0 bridgehead atoms. The minimum atomic E-state index is -0.320. The zero-order valence-corrected chi connectivity index (χ0v) is 11.1. The van der Waals surface area contributed by atoms with Gasteiger partial charge in [0.2, 0.25) is 0 Å². The van der Waals surface area contributed by atoms with E-state index in [0.717, 1.165) is 0 Å². The fourth-order valence-corrected chi connectivity index (χ4v) is 1.89. The number of benzene rings is 1. The van der Waals surface area contributed by atoms with Crippen LogP contribution in [-0.4, -0.2) is 11.4 Å². The Kier molecular flexibility index (Phi) is 4.77. The summed E-state index contributed by atoms with van der Waals surface area (Å²) >= 11 is 4.58. The minimum Gasteiger partial charge on any atom is -0.271 e. The molecule has 0 aliphatic heterocycles. The highest BCUT2D eigenvalue weighted by atomic mass is 79.9. The summed E-state index contributed by atoms with van der Waals surface area (Å²) in [6, 6.07) is 2.98. The molecule has 3 nitrogen and oxygen atoms in total. The molecule has 6 heteroatoms. The van der Waals surface area contributed by atoms with Crippen molar-refractivity contribution in [3.8, 4) is 6.19 Å². The Morgan fingerprint density at radius 3 is 2.88 bits per heavy atom. The first-order valence-corrected chi connectivity index (χ1v) is 6.33. The molecule has 1 aromatic carbocycles. The Morgan fingerprint density at radius 2 is 2.31 bits per heavy atom. The van der Waals surface area contributed by atoms with Gasteiger partial charge in [-0.2, -0.15) is 5.26 Å². The zero-order valence-electron chi connectivity index (χ0n) is 8.71. The molecule has 1 N–H and O–H groups in total. The van der Waals surface area contributed by atoms with E-state index in [1.54, 1.807) is 25.4 Å². The predicted molar refractivity (Wildman–Crippen MR) is 68.2 cm³/mol. The Bertz CT molecular complexity index is 468. The van der Waals surface area contributed by atoms with Crippen molar-refractivity contribution >= 4 is 38.5 Å². The maximum atomic E-state index is 13.3. The second-order valence-corrected chi connectivity index (χ2v) is 4.56. The first-order chi connectivity index (χ1) is 7.58. The molecule has 0 amide bonds. The average molecular weight is 302 g/mol. The fraction of sp³-hybridized carbons (Fsp3) is 0.200. The SMILES string of the molecule is CSC(=Nc1cc(F)c(C)cc1Br)NC#N. The Morgan fingerprint density at radius 1 is 1.62 bits per heavy atom. The van der Waals surface area contributed by atoms with Crippen molar-refractivity contribution in [2.45, 2.75) is 6.92 Å². The van der Waals surface area contributed by atoms with Gasteiger partial charge in [-0.25, -0.2) is 9.38 Å². The van der Waals surface area contributed by atoms with Gasteiger partial charge in [-0.1, -0.05) is 11.8 Å². The topological polar surface area (TPSA) is 48.2 Å². The van der Waals surface area contributed by atoms with Gasteiger partial charge in [0.1, 0.15) is 5.82 Å². The van der Waals surface area contributed by atoms with Gasteiger partial charge >= 0.3 is 0 Å². The number of hydrogen-bond acceptors (Lipinski definition) is 3. The van der Waals surface area contributed by atoms with Crippen molar-refractivity contribution in [2.75, 3.05) is 6.26 Å². The van der Waals surface area contributed by atoms with Crippen LogP contribution in [0.15, 0.2) is 21.6 Å². The van der Waals surface area contributed by atoms with Crippen LogP contribution in [0.25, 0.3) is 0 Å². The molecule has 0 aromatic heterocycles. The predicted octanol–water partition coefficient (Wildman–Crippen LogP) is 3.32. The average Bonchev–Trinajstić information content (AvgIpc) is 2.25. The summed E-state index contributed by atoms with van der Waals surface area (Å²) in [7, 11) is 0. The van der Waals surface area contributed by atoms with E-state index >= 15 is 0 Å². The van der Waals surface area contributed by atoms with Crippen LogP contribution < -0.4 is 5.32 Å². The maximum Gasteiger partial charge on any atom is 0.183 e. The lowest BCUT2D eigenvalue weighted by molar-refractivity contribution is 0.618. The number of aryl methyl sites for hydroxylation is 1. The zero-order chi connectivity index (χ0) is 12.1. The van der Waals surface area contributed by atoms with E-state index in [9.17, 15) is 4.39 Å². The van der Waals surface area contributed by atoms with Gasteiger partial charge in [0.15, 0.2) is 11.4 Å². The lowest BCUT2D eigenvalue weighted by Crippen LogP contribution is -2.12. The van der Waals surface area contributed by atoms with Gasteiger partial charge in [-0.3, -0.25) is 5.32 Å². The highest BCUT2D eigenvalue weighted by Gasteiger charge is 2.05. The molecule has 0 heterocycles. The van der Waals surface area contributed by atoms with E-state index in [2.05, 4.69) is 26.2 Å². The number of amidine groups is 1. The van der Waals surface area contributed by atoms with Crippen molar-refractivity contribution in [2.24, 2.45) is 4.99 Å². The quantitative estimate of drug-likeness (QED) is 0.375. The van der Waals surface area contributed by atoms with Crippen LogP contribution in [0.1, 0.15) is 5.56 Å². The van der Waals surface area contributed by atoms with Gasteiger partial charge in [-0.15, -0.1) is 0 Å². The van der Waals surface area contributed by atoms with E-state index < -0.39 is 0 Å². The largest absolute Gasteiger partial charge is 0.271 e. The number of aliphatic imine (C=N–C) groups is 1. The summed E-state index contributed by atoms with van der Waals surface area (Å²) in [6.45, 7) is 1.68. The third kappa shape index (κ3) is 3.22. The summed E-state index contributed by atoms with van der Waals surface area (Å²) in [5.41, 5.74) is 1.000. The van der Waals surface area contributed by atoms with Crippen molar-refractivity contribution in [1.82, 2.24) is 5.32 Å². The van der Waals surface area contributed by atoms with Crippen LogP contribution in [0.2, 0.25) is 0 Å². The second-order valence-electron chi connectivity index (χ2n) is 2.91. The van der Waals surface area contributed by atoms with Gasteiger partial charge in [0.25, 0.3) is 0 Å². The molecule has 84 valence electrons. The normalized spacial score (nSPS) is 11.1.